The summed E-state index contributed by atoms with van der Waals surface area (Å²) in [5, 5.41) is 9.04. The van der Waals surface area contributed by atoms with Gasteiger partial charge in [-0.05, 0) is 18.6 Å². The zero-order valence-corrected chi connectivity index (χ0v) is 10.1. The van der Waals surface area contributed by atoms with Crippen molar-refractivity contribution < 1.29 is 14.3 Å². The molecule has 0 unspecified atom stereocenters. The van der Waals surface area contributed by atoms with Crippen molar-refractivity contribution in [3.05, 3.63) is 59.2 Å². The Bertz CT molecular complexity index is 575. The van der Waals surface area contributed by atoms with E-state index >= 15 is 0 Å². The number of hydrogen-bond acceptors (Lipinski definition) is 1. The van der Waals surface area contributed by atoms with E-state index in [4.69, 9.17) is 5.11 Å². The van der Waals surface area contributed by atoms with Crippen molar-refractivity contribution in [2.45, 2.75) is 19.9 Å². The molecule has 0 radical (unpaired) electrons. The smallest absolute Gasteiger partial charge is 0.337 e. The van der Waals surface area contributed by atoms with Gasteiger partial charge in [0.15, 0.2) is 0 Å². The van der Waals surface area contributed by atoms with Crippen LogP contribution in [-0.2, 0) is 13.0 Å². The highest BCUT2D eigenvalue weighted by Crippen LogP contribution is 2.16. The quantitative estimate of drug-likeness (QED) is 0.902. The summed E-state index contributed by atoms with van der Waals surface area (Å²) in [6, 6.07) is 8.07. The Morgan fingerprint density at radius 1 is 1.33 bits per heavy atom. The largest absolute Gasteiger partial charge is 0.478 e. The number of halogens is 1. The van der Waals surface area contributed by atoms with E-state index in [-0.39, 0.29) is 11.4 Å². The zero-order chi connectivity index (χ0) is 13.1. The van der Waals surface area contributed by atoms with E-state index in [0.29, 0.717) is 24.2 Å². The van der Waals surface area contributed by atoms with Crippen molar-refractivity contribution in [1.82, 2.24) is 4.57 Å². The van der Waals surface area contributed by atoms with Gasteiger partial charge < -0.3 is 9.67 Å². The molecule has 0 spiro atoms. The molecule has 0 aliphatic heterocycles. The van der Waals surface area contributed by atoms with E-state index in [0.717, 1.165) is 0 Å². The SMILES string of the molecule is CCc1c(C(=O)O)ccn1Cc1ccccc1F. The fourth-order valence-corrected chi connectivity index (χ4v) is 2.05. The number of aromatic carboxylic acids is 1. The predicted octanol–water partition coefficient (Wildman–Crippen LogP) is 2.94. The molecule has 1 aromatic heterocycles. The van der Waals surface area contributed by atoms with Gasteiger partial charge in [-0.3, -0.25) is 0 Å². The molecule has 0 saturated heterocycles. The molecule has 0 atom stereocenters. The third-order valence-corrected chi connectivity index (χ3v) is 2.94. The summed E-state index contributed by atoms with van der Waals surface area (Å²) < 4.78 is 15.3. The van der Waals surface area contributed by atoms with Crippen LogP contribution in [0.4, 0.5) is 4.39 Å². The molecule has 1 aromatic carbocycles. The second-order valence-electron chi connectivity index (χ2n) is 4.05. The van der Waals surface area contributed by atoms with Gasteiger partial charge in [-0.1, -0.05) is 25.1 Å². The fourth-order valence-electron chi connectivity index (χ4n) is 2.05. The number of benzene rings is 1. The van der Waals surface area contributed by atoms with Crippen molar-refractivity contribution >= 4 is 5.97 Å². The highest BCUT2D eigenvalue weighted by atomic mass is 19.1. The first-order valence-electron chi connectivity index (χ1n) is 5.78. The molecule has 0 amide bonds. The monoisotopic (exact) mass is 247 g/mol. The third-order valence-electron chi connectivity index (χ3n) is 2.94. The Morgan fingerprint density at radius 2 is 2.06 bits per heavy atom. The number of carbonyl (C=O) groups is 1. The number of hydrogen-bond donors (Lipinski definition) is 1. The van der Waals surface area contributed by atoms with Gasteiger partial charge in [-0.15, -0.1) is 0 Å². The topological polar surface area (TPSA) is 42.2 Å². The van der Waals surface area contributed by atoms with Crippen molar-refractivity contribution in [2.24, 2.45) is 0 Å². The predicted molar refractivity (Wildman–Crippen MR) is 66.3 cm³/mol. The minimum atomic E-state index is -0.945. The summed E-state index contributed by atoms with van der Waals surface area (Å²) >= 11 is 0. The summed E-state index contributed by atoms with van der Waals surface area (Å²) in [5.41, 5.74) is 1.55. The number of carboxylic acids is 1. The summed E-state index contributed by atoms with van der Waals surface area (Å²) in [7, 11) is 0. The van der Waals surface area contributed by atoms with Crippen molar-refractivity contribution in [1.29, 1.82) is 0 Å². The molecular formula is C14H14FNO2. The van der Waals surface area contributed by atoms with E-state index in [1.165, 1.54) is 6.07 Å². The molecule has 1 heterocycles. The van der Waals surface area contributed by atoms with Gasteiger partial charge in [0.25, 0.3) is 0 Å². The van der Waals surface area contributed by atoms with Gasteiger partial charge in [-0.2, -0.15) is 0 Å². The molecule has 0 aliphatic carbocycles. The first-order valence-corrected chi connectivity index (χ1v) is 5.78. The highest BCUT2D eigenvalue weighted by molar-refractivity contribution is 5.89. The highest BCUT2D eigenvalue weighted by Gasteiger charge is 2.14. The van der Waals surface area contributed by atoms with E-state index in [1.54, 1.807) is 35.0 Å². The molecule has 0 bridgehead atoms. The van der Waals surface area contributed by atoms with Crippen molar-refractivity contribution in [2.75, 3.05) is 0 Å². The average Bonchev–Trinajstić information content (AvgIpc) is 2.75. The van der Waals surface area contributed by atoms with Gasteiger partial charge >= 0.3 is 5.97 Å². The van der Waals surface area contributed by atoms with Crippen LogP contribution in [0.25, 0.3) is 0 Å². The molecule has 1 N–H and O–H groups in total. The second kappa shape index (κ2) is 5.04. The van der Waals surface area contributed by atoms with Gasteiger partial charge in [0.1, 0.15) is 5.82 Å². The number of carboxylic acid groups (broad SMARTS) is 1. The third kappa shape index (κ3) is 2.27. The first kappa shape index (κ1) is 12.4. The maximum absolute atomic E-state index is 13.5. The summed E-state index contributed by atoms with van der Waals surface area (Å²) in [5.74, 6) is -1.22. The normalized spacial score (nSPS) is 10.6. The van der Waals surface area contributed by atoms with Crippen LogP contribution in [0.5, 0.6) is 0 Å². The average molecular weight is 247 g/mol. The van der Waals surface area contributed by atoms with E-state index in [1.807, 2.05) is 6.92 Å². The van der Waals surface area contributed by atoms with Gasteiger partial charge in [0, 0.05) is 17.5 Å². The lowest BCUT2D eigenvalue weighted by molar-refractivity contribution is 0.0695. The standard InChI is InChI=1S/C14H14FNO2/c1-2-13-11(14(17)18)7-8-16(13)9-10-5-3-4-6-12(10)15/h3-8H,2,9H2,1H3,(H,17,18). The zero-order valence-electron chi connectivity index (χ0n) is 10.1. The van der Waals surface area contributed by atoms with Crippen LogP contribution < -0.4 is 0 Å². The fraction of sp³-hybridized carbons (Fsp3) is 0.214. The second-order valence-corrected chi connectivity index (χ2v) is 4.05. The first-order chi connectivity index (χ1) is 8.63. The minimum absolute atomic E-state index is 0.273. The van der Waals surface area contributed by atoms with Crippen LogP contribution in [0, 0.1) is 5.82 Å². The molecule has 18 heavy (non-hydrogen) atoms. The lowest BCUT2D eigenvalue weighted by atomic mass is 10.2. The maximum Gasteiger partial charge on any atom is 0.337 e. The van der Waals surface area contributed by atoms with Crippen LogP contribution in [0.15, 0.2) is 36.5 Å². The Labute approximate surface area is 104 Å². The number of rotatable bonds is 4. The number of aromatic nitrogens is 1. The summed E-state index contributed by atoms with van der Waals surface area (Å²) in [6.07, 6.45) is 2.29. The van der Waals surface area contributed by atoms with Gasteiger partial charge in [0.05, 0.1) is 12.1 Å². The lowest BCUT2D eigenvalue weighted by Gasteiger charge is -2.09. The van der Waals surface area contributed by atoms with Gasteiger partial charge in [0.2, 0.25) is 0 Å². The van der Waals surface area contributed by atoms with Crippen LogP contribution in [0.1, 0.15) is 28.5 Å². The van der Waals surface area contributed by atoms with E-state index in [9.17, 15) is 9.18 Å². The molecular weight excluding hydrogens is 233 g/mol. The molecule has 4 heteroatoms. The Balaban J connectivity index is 2.35. The van der Waals surface area contributed by atoms with E-state index < -0.39 is 5.97 Å². The van der Waals surface area contributed by atoms with Crippen molar-refractivity contribution in [3.63, 3.8) is 0 Å². The molecule has 2 aromatic rings. The minimum Gasteiger partial charge on any atom is -0.478 e. The van der Waals surface area contributed by atoms with Crippen LogP contribution in [0.3, 0.4) is 0 Å². The van der Waals surface area contributed by atoms with E-state index in [2.05, 4.69) is 0 Å². The van der Waals surface area contributed by atoms with Crippen molar-refractivity contribution in [3.8, 4) is 0 Å². The Morgan fingerprint density at radius 3 is 2.67 bits per heavy atom. The summed E-state index contributed by atoms with van der Waals surface area (Å²) in [6.45, 7) is 2.24. The van der Waals surface area contributed by atoms with Crippen LogP contribution >= 0.6 is 0 Å². The molecule has 0 saturated carbocycles. The Kier molecular flexibility index (Phi) is 3.46. The van der Waals surface area contributed by atoms with Crippen LogP contribution in [0.2, 0.25) is 0 Å². The Hall–Kier alpha value is -2.10. The summed E-state index contributed by atoms with van der Waals surface area (Å²) in [4.78, 5) is 11.0. The van der Waals surface area contributed by atoms with Gasteiger partial charge in [-0.25, -0.2) is 9.18 Å². The molecule has 94 valence electrons. The maximum atomic E-state index is 13.5. The molecule has 3 nitrogen and oxygen atoms in total. The molecule has 2 rings (SSSR count). The van der Waals surface area contributed by atoms with Crippen LogP contribution in [-0.4, -0.2) is 15.6 Å². The number of nitrogens with zero attached hydrogens (tertiary/aromatic N) is 1. The lowest BCUT2D eigenvalue weighted by Crippen LogP contribution is -2.07. The molecule has 0 fully saturated rings. The molecule has 0 aliphatic rings.